The number of carbonyl (C=O) groups is 2. The van der Waals surface area contributed by atoms with Crippen molar-refractivity contribution in [1.29, 1.82) is 0 Å². The first-order valence-corrected chi connectivity index (χ1v) is 6.49. The summed E-state index contributed by atoms with van der Waals surface area (Å²) in [5, 5.41) is 6.08. The van der Waals surface area contributed by atoms with Gasteiger partial charge in [-0.15, -0.1) is 6.58 Å². The molecule has 0 radical (unpaired) electrons. The highest BCUT2D eigenvalue weighted by Crippen LogP contribution is 2.30. The maximum atomic E-state index is 13.8. The first kappa shape index (κ1) is 16.7. The molecule has 1 N–H and O–H groups in total. The van der Waals surface area contributed by atoms with E-state index in [9.17, 15) is 27.2 Å². The number of benzene rings is 1. The number of hydrogen-bond acceptors (Lipinski definition) is 3. The number of rotatable bonds is 4. The maximum Gasteiger partial charge on any atom is 0.267 e. The molecule has 0 saturated heterocycles. The zero-order valence-electron chi connectivity index (χ0n) is 11.7. The number of halogens is 4. The molecule has 0 atom stereocenters. The lowest BCUT2D eigenvalue weighted by Crippen LogP contribution is -2.39. The van der Waals surface area contributed by atoms with Crippen molar-refractivity contribution in [2.24, 2.45) is 5.10 Å². The lowest BCUT2D eigenvalue weighted by Gasteiger charge is -2.24. The van der Waals surface area contributed by atoms with E-state index in [-0.39, 0.29) is 36.2 Å². The molecule has 0 fully saturated rings. The lowest BCUT2D eigenvalue weighted by atomic mass is 10.1. The summed E-state index contributed by atoms with van der Waals surface area (Å²) >= 11 is 0. The third-order valence-corrected chi connectivity index (χ3v) is 3.00. The Morgan fingerprint density at radius 3 is 2.43 bits per heavy atom. The van der Waals surface area contributed by atoms with Crippen LogP contribution in [0.5, 0.6) is 0 Å². The minimum atomic E-state index is -1.77. The molecule has 2 amide bonds. The van der Waals surface area contributed by atoms with E-state index in [4.69, 9.17) is 0 Å². The van der Waals surface area contributed by atoms with E-state index >= 15 is 0 Å². The van der Waals surface area contributed by atoms with Crippen molar-refractivity contribution in [2.45, 2.75) is 12.8 Å². The highest BCUT2D eigenvalue weighted by molar-refractivity contribution is 6.40. The molecule has 1 aliphatic rings. The van der Waals surface area contributed by atoms with Crippen LogP contribution >= 0.6 is 0 Å². The van der Waals surface area contributed by atoms with Gasteiger partial charge in [0.15, 0.2) is 23.3 Å². The molecule has 0 aromatic heterocycles. The van der Waals surface area contributed by atoms with Crippen LogP contribution < -0.4 is 10.3 Å². The molecule has 9 heteroatoms. The van der Waals surface area contributed by atoms with Gasteiger partial charge in [0.2, 0.25) is 5.91 Å². The molecule has 0 saturated carbocycles. The van der Waals surface area contributed by atoms with Crippen LogP contribution in [0.2, 0.25) is 0 Å². The number of hydrazone groups is 1. The Morgan fingerprint density at radius 2 is 1.87 bits per heavy atom. The fourth-order valence-electron chi connectivity index (χ4n) is 1.90. The van der Waals surface area contributed by atoms with E-state index in [1.54, 1.807) is 0 Å². The van der Waals surface area contributed by atoms with Crippen LogP contribution in [0.25, 0.3) is 0 Å². The van der Waals surface area contributed by atoms with Crippen molar-refractivity contribution in [3.8, 4) is 0 Å². The first-order chi connectivity index (χ1) is 10.9. The second-order valence-electron chi connectivity index (χ2n) is 4.57. The van der Waals surface area contributed by atoms with Crippen LogP contribution in [0.1, 0.15) is 12.8 Å². The summed E-state index contributed by atoms with van der Waals surface area (Å²) in [5.74, 6) is -8.47. The van der Waals surface area contributed by atoms with Crippen molar-refractivity contribution >= 4 is 23.2 Å². The van der Waals surface area contributed by atoms with Gasteiger partial charge in [0.25, 0.3) is 5.91 Å². The molecule has 0 aliphatic carbocycles. The van der Waals surface area contributed by atoms with Gasteiger partial charge in [-0.3, -0.25) is 9.59 Å². The van der Waals surface area contributed by atoms with Crippen molar-refractivity contribution in [3.63, 3.8) is 0 Å². The summed E-state index contributed by atoms with van der Waals surface area (Å²) in [4.78, 5) is 23.6. The van der Waals surface area contributed by atoms with Gasteiger partial charge in [-0.2, -0.15) is 10.1 Å². The number of hydrogen-bond donors (Lipinski definition) is 1. The molecule has 1 heterocycles. The minimum Gasteiger partial charge on any atom is -0.347 e. The van der Waals surface area contributed by atoms with Gasteiger partial charge >= 0.3 is 0 Å². The van der Waals surface area contributed by atoms with Crippen LogP contribution in [-0.4, -0.2) is 24.1 Å². The van der Waals surface area contributed by atoms with Gasteiger partial charge in [0.05, 0.1) is 0 Å². The Balaban J connectivity index is 2.47. The van der Waals surface area contributed by atoms with E-state index in [0.717, 1.165) is 0 Å². The monoisotopic (exact) mass is 329 g/mol. The Hall–Kier alpha value is -2.71. The molecular formula is C14H11F4N3O2. The predicted molar refractivity (Wildman–Crippen MR) is 73.6 cm³/mol. The number of nitrogens with zero attached hydrogens (tertiary/aromatic N) is 2. The van der Waals surface area contributed by atoms with Gasteiger partial charge in [-0.1, -0.05) is 6.08 Å². The zero-order valence-corrected chi connectivity index (χ0v) is 11.7. The van der Waals surface area contributed by atoms with Crippen LogP contribution in [0.3, 0.4) is 0 Å². The van der Waals surface area contributed by atoms with Crippen molar-refractivity contribution in [2.75, 3.05) is 11.6 Å². The average molecular weight is 329 g/mol. The molecule has 0 spiro atoms. The molecule has 23 heavy (non-hydrogen) atoms. The molecular weight excluding hydrogens is 318 g/mol. The third-order valence-electron chi connectivity index (χ3n) is 3.00. The SMILES string of the molecule is C=CCNC(=O)C1=NN(c2c(F)c(F)cc(F)c2F)C(=O)CC1. The van der Waals surface area contributed by atoms with Gasteiger partial charge < -0.3 is 5.32 Å². The van der Waals surface area contributed by atoms with Crippen molar-refractivity contribution in [1.82, 2.24) is 5.32 Å². The van der Waals surface area contributed by atoms with Crippen molar-refractivity contribution in [3.05, 3.63) is 42.0 Å². The molecule has 2 rings (SSSR count). The van der Waals surface area contributed by atoms with E-state index in [2.05, 4.69) is 17.0 Å². The average Bonchev–Trinajstić information content (AvgIpc) is 2.52. The summed E-state index contributed by atoms with van der Waals surface area (Å²) < 4.78 is 54.1. The van der Waals surface area contributed by atoms with Gasteiger partial charge in [0, 0.05) is 25.5 Å². The highest BCUT2D eigenvalue weighted by Gasteiger charge is 2.32. The van der Waals surface area contributed by atoms with Gasteiger partial charge in [0.1, 0.15) is 11.4 Å². The molecule has 5 nitrogen and oxygen atoms in total. The van der Waals surface area contributed by atoms with Crippen LogP contribution in [0.4, 0.5) is 23.2 Å². The second kappa shape index (κ2) is 6.59. The first-order valence-electron chi connectivity index (χ1n) is 6.49. The fourth-order valence-corrected chi connectivity index (χ4v) is 1.90. The van der Waals surface area contributed by atoms with E-state index < -0.39 is 40.8 Å². The molecule has 1 aromatic carbocycles. The predicted octanol–water partition coefficient (Wildman–Crippen LogP) is 2.03. The summed E-state index contributed by atoms with van der Waals surface area (Å²) in [5.41, 5.74) is -1.49. The smallest absolute Gasteiger partial charge is 0.267 e. The van der Waals surface area contributed by atoms with E-state index in [1.165, 1.54) is 6.08 Å². The normalized spacial score (nSPS) is 14.5. The lowest BCUT2D eigenvalue weighted by molar-refractivity contribution is -0.119. The van der Waals surface area contributed by atoms with Crippen LogP contribution in [0, 0.1) is 23.3 Å². The molecule has 122 valence electrons. The second-order valence-corrected chi connectivity index (χ2v) is 4.57. The Kier molecular flexibility index (Phi) is 4.77. The van der Waals surface area contributed by atoms with E-state index in [0.29, 0.717) is 0 Å². The molecule has 0 unspecified atom stereocenters. The summed E-state index contributed by atoms with van der Waals surface area (Å²) in [6.45, 7) is 3.51. The van der Waals surface area contributed by atoms with Crippen LogP contribution in [-0.2, 0) is 9.59 Å². The minimum absolute atomic E-state index is 0.0179. The maximum absolute atomic E-state index is 13.8. The standard InChI is InChI=1S/C14H11F4N3O2/c1-2-5-19-14(23)9-3-4-10(22)21(20-9)13-11(17)7(15)6-8(16)12(13)18/h2,6H,1,3-5H2,(H,19,23). The van der Waals surface area contributed by atoms with Gasteiger partial charge in [-0.25, -0.2) is 17.6 Å². The third kappa shape index (κ3) is 3.22. The van der Waals surface area contributed by atoms with E-state index in [1.807, 2.05) is 0 Å². The summed E-state index contributed by atoms with van der Waals surface area (Å²) in [7, 11) is 0. The number of amides is 2. The molecule has 1 aromatic rings. The van der Waals surface area contributed by atoms with Crippen LogP contribution in [0.15, 0.2) is 23.8 Å². The van der Waals surface area contributed by atoms with Crippen molar-refractivity contribution < 1.29 is 27.2 Å². The number of carbonyl (C=O) groups excluding carboxylic acids is 2. The Morgan fingerprint density at radius 1 is 1.26 bits per heavy atom. The largest absolute Gasteiger partial charge is 0.347 e. The fraction of sp³-hybridized carbons (Fsp3) is 0.214. The number of anilines is 1. The van der Waals surface area contributed by atoms with Gasteiger partial charge in [-0.05, 0) is 0 Å². The zero-order chi connectivity index (χ0) is 17.1. The highest BCUT2D eigenvalue weighted by atomic mass is 19.2. The Labute approximate surface area is 128 Å². The topological polar surface area (TPSA) is 61.8 Å². The summed E-state index contributed by atoms with van der Waals surface area (Å²) in [6, 6.07) is 0.0179. The summed E-state index contributed by atoms with van der Waals surface area (Å²) in [6.07, 6.45) is 1.03. The Bertz CT molecular complexity index is 692. The molecule has 1 aliphatic heterocycles. The molecule has 0 bridgehead atoms. The quantitative estimate of drug-likeness (QED) is 0.522. The number of nitrogens with one attached hydrogen (secondary N) is 1.